The van der Waals surface area contributed by atoms with Crippen molar-refractivity contribution in [3.8, 4) is 0 Å². The summed E-state index contributed by atoms with van der Waals surface area (Å²) in [6.07, 6.45) is 4.25. The molecule has 0 bridgehead atoms. The molecule has 1 unspecified atom stereocenters. The molecule has 1 atom stereocenters. The van der Waals surface area contributed by atoms with E-state index < -0.39 is 15.8 Å². The number of benzene rings is 1. The van der Waals surface area contributed by atoms with Gasteiger partial charge in [0.15, 0.2) is 0 Å². The van der Waals surface area contributed by atoms with Gasteiger partial charge in [-0.3, -0.25) is 4.72 Å². The van der Waals surface area contributed by atoms with Gasteiger partial charge in [-0.05, 0) is 31.5 Å². The summed E-state index contributed by atoms with van der Waals surface area (Å²) in [5.74, 6) is -0.586. The van der Waals surface area contributed by atoms with E-state index in [1.165, 1.54) is 12.1 Å². The van der Waals surface area contributed by atoms with Gasteiger partial charge >= 0.3 is 0 Å². The minimum atomic E-state index is -3.48. The van der Waals surface area contributed by atoms with Crippen LogP contribution in [0.1, 0.15) is 33.1 Å². The van der Waals surface area contributed by atoms with E-state index >= 15 is 0 Å². The summed E-state index contributed by atoms with van der Waals surface area (Å²) in [6.45, 7) is 4.17. The number of halogens is 1. The van der Waals surface area contributed by atoms with Gasteiger partial charge in [0, 0.05) is 11.7 Å². The van der Waals surface area contributed by atoms with Crippen molar-refractivity contribution in [1.29, 1.82) is 0 Å². The molecule has 0 spiro atoms. The van der Waals surface area contributed by atoms with Gasteiger partial charge in [-0.2, -0.15) is 0 Å². The molecule has 0 saturated heterocycles. The fourth-order valence-electron chi connectivity index (χ4n) is 1.76. The smallest absolute Gasteiger partial charge is 0.229 e. The number of hydrogen-bond donors (Lipinski definition) is 2. The molecular weight excluding hydrogens is 267 g/mol. The first-order chi connectivity index (χ1) is 8.81. The molecule has 0 heterocycles. The number of nitrogens with one attached hydrogen (secondary N) is 2. The normalized spacial score (nSPS) is 13.1. The van der Waals surface area contributed by atoms with Crippen LogP contribution < -0.4 is 10.0 Å². The number of sulfonamides is 1. The predicted molar refractivity (Wildman–Crippen MR) is 77.5 cm³/mol. The Morgan fingerprint density at radius 2 is 2.05 bits per heavy atom. The van der Waals surface area contributed by atoms with Gasteiger partial charge in [-0.1, -0.05) is 19.8 Å². The molecule has 4 nitrogen and oxygen atoms in total. The lowest BCUT2D eigenvalue weighted by molar-refractivity contribution is 0.603. The topological polar surface area (TPSA) is 58.2 Å². The number of unbranched alkanes of at least 4 members (excludes halogenated alkanes) is 1. The zero-order valence-electron chi connectivity index (χ0n) is 11.5. The molecule has 0 radical (unpaired) electrons. The van der Waals surface area contributed by atoms with Gasteiger partial charge in [-0.15, -0.1) is 0 Å². The summed E-state index contributed by atoms with van der Waals surface area (Å²) >= 11 is 0. The van der Waals surface area contributed by atoms with E-state index in [2.05, 4.69) is 17.0 Å². The minimum absolute atomic E-state index is 0.0322. The standard InChI is InChI=1S/C13H21FN2O2S/c1-4-5-6-10(2)15-11-7-8-12(14)13(9-11)16-19(3,17)18/h7-10,15-16H,4-6H2,1-3H3. The molecule has 0 aromatic heterocycles. The van der Waals surface area contributed by atoms with E-state index in [1.807, 2.05) is 6.92 Å². The Bertz CT molecular complexity index is 517. The van der Waals surface area contributed by atoms with Gasteiger partial charge in [0.1, 0.15) is 5.82 Å². The van der Waals surface area contributed by atoms with Crippen molar-refractivity contribution in [2.45, 2.75) is 39.2 Å². The van der Waals surface area contributed by atoms with Gasteiger partial charge in [-0.25, -0.2) is 12.8 Å². The first kappa shape index (κ1) is 15.8. The molecule has 1 rings (SSSR count). The highest BCUT2D eigenvalue weighted by Crippen LogP contribution is 2.21. The number of rotatable bonds is 7. The third-order valence-corrected chi connectivity index (χ3v) is 3.26. The fraction of sp³-hybridized carbons (Fsp3) is 0.538. The maximum Gasteiger partial charge on any atom is 0.229 e. The Labute approximate surface area is 114 Å². The summed E-state index contributed by atoms with van der Waals surface area (Å²) in [5.41, 5.74) is 0.673. The van der Waals surface area contributed by atoms with Gasteiger partial charge in [0.2, 0.25) is 10.0 Å². The highest BCUT2D eigenvalue weighted by molar-refractivity contribution is 7.92. The van der Waals surface area contributed by atoms with Crippen molar-refractivity contribution in [2.24, 2.45) is 0 Å². The molecule has 0 fully saturated rings. The third kappa shape index (κ3) is 5.92. The van der Waals surface area contributed by atoms with E-state index in [9.17, 15) is 12.8 Å². The Balaban J connectivity index is 2.78. The molecule has 2 N–H and O–H groups in total. The monoisotopic (exact) mass is 288 g/mol. The van der Waals surface area contributed by atoms with Crippen LogP contribution in [-0.2, 0) is 10.0 Å². The van der Waals surface area contributed by atoms with Crippen molar-refractivity contribution in [2.75, 3.05) is 16.3 Å². The Kier molecular flexibility index (Phi) is 5.60. The second-order valence-electron chi connectivity index (χ2n) is 4.76. The van der Waals surface area contributed by atoms with Gasteiger partial charge in [0.25, 0.3) is 0 Å². The molecule has 0 aliphatic rings. The van der Waals surface area contributed by atoms with Crippen LogP contribution in [0.25, 0.3) is 0 Å². The van der Waals surface area contributed by atoms with Crippen molar-refractivity contribution < 1.29 is 12.8 Å². The van der Waals surface area contributed by atoms with E-state index in [0.29, 0.717) is 5.69 Å². The quantitative estimate of drug-likeness (QED) is 0.810. The van der Waals surface area contributed by atoms with Crippen molar-refractivity contribution in [1.82, 2.24) is 0 Å². The predicted octanol–water partition coefficient (Wildman–Crippen LogP) is 3.19. The molecule has 0 saturated carbocycles. The summed E-state index contributed by atoms with van der Waals surface area (Å²) in [5, 5.41) is 3.23. The highest BCUT2D eigenvalue weighted by atomic mass is 32.2. The van der Waals surface area contributed by atoms with E-state index in [1.54, 1.807) is 6.07 Å². The zero-order valence-corrected chi connectivity index (χ0v) is 12.3. The SMILES string of the molecule is CCCCC(C)Nc1ccc(F)c(NS(C)(=O)=O)c1. The summed E-state index contributed by atoms with van der Waals surface area (Å²) in [7, 11) is -3.48. The number of anilines is 2. The fourth-order valence-corrected chi connectivity index (χ4v) is 2.32. The Morgan fingerprint density at radius 3 is 2.63 bits per heavy atom. The first-order valence-corrected chi connectivity index (χ1v) is 8.25. The lowest BCUT2D eigenvalue weighted by Gasteiger charge is -2.16. The zero-order chi connectivity index (χ0) is 14.5. The van der Waals surface area contributed by atoms with E-state index in [-0.39, 0.29) is 11.7 Å². The average Bonchev–Trinajstić information content (AvgIpc) is 2.29. The Morgan fingerprint density at radius 1 is 1.37 bits per heavy atom. The molecule has 0 aliphatic heterocycles. The molecular formula is C13H21FN2O2S. The van der Waals surface area contributed by atoms with Crippen LogP contribution in [0, 0.1) is 5.82 Å². The lowest BCUT2D eigenvalue weighted by atomic mass is 10.1. The van der Waals surface area contributed by atoms with Crippen LogP contribution in [0.2, 0.25) is 0 Å². The highest BCUT2D eigenvalue weighted by Gasteiger charge is 2.09. The summed E-state index contributed by atoms with van der Waals surface area (Å²) in [4.78, 5) is 0. The molecule has 6 heteroatoms. The van der Waals surface area contributed by atoms with Crippen LogP contribution in [-0.4, -0.2) is 20.7 Å². The molecule has 0 amide bonds. The van der Waals surface area contributed by atoms with Crippen molar-refractivity contribution >= 4 is 21.4 Å². The second kappa shape index (κ2) is 6.75. The van der Waals surface area contributed by atoms with Gasteiger partial charge < -0.3 is 5.32 Å². The van der Waals surface area contributed by atoms with Gasteiger partial charge in [0.05, 0.1) is 11.9 Å². The molecule has 0 aliphatic carbocycles. The van der Waals surface area contributed by atoms with Crippen LogP contribution >= 0.6 is 0 Å². The minimum Gasteiger partial charge on any atom is -0.383 e. The largest absolute Gasteiger partial charge is 0.383 e. The average molecular weight is 288 g/mol. The maximum absolute atomic E-state index is 13.5. The summed E-state index contributed by atoms with van der Waals surface area (Å²) in [6, 6.07) is 4.59. The molecule has 1 aromatic rings. The third-order valence-electron chi connectivity index (χ3n) is 2.67. The van der Waals surface area contributed by atoms with Crippen molar-refractivity contribution in [3.05, 3.63) is 24.0 Å². The van der Waals surface area contributed by atoms with E-state index in [4.69, 9.17) is 0 Å². The molecule has 108 valence electrons. The number of hydrogen-bond acceptors (Lipinski definition) is 3. The first-order valence-electron chi connectivity index (χ1n) is 6.35. The van der Waals surface area contributed by atoms with Crippen LogP contribution in [0.5, 0.6) is 0 Å². The Hall–Kier alpha value is -1.30. The maximum atomic E-state index is 13.5. The molecule has 1 aromatic carbocycles. The second-order valence-corrected chi connectivity index (χ2v) is 6.50. The lowest BCUT2D eigenvalue weighted by Crippen LogP contribution is -2.16. The van der Waals surface area contributed by atoms with Crippen LogP contribution in [0.4, 0.5) is 15.8 Å². The van der Waals surface area contributed by atoms with E-state index in [0.717, 1.165) is 25.5 Å². The van der Waals surface area contributed by atoms with Crippen LogP contribution in [0.3, 0.4) is 0 Å². The van der Waals surface area contributed by atoms with Crippen LogP contribution in [0.15, 0.2) is 18.2 Å². The van der Waals surface area contributed by atoms with Crippen molar-refractivity contribution in [3.63, 3.8) is 0 Å². The summed E-state index contributed by atoms with van der Waals surface area (Å²) < 4.78 is 37.9. The molecule has 19 heavy (non-hydrogen) atoms.